The van der Waals surface area contributed by atoms with E-state index in [1.807, 2.05) is 0 Å². The number of hydrogen-bond donors (Lipinski definition) is 2. The van der Waals surface area contributed by atoms with Crippen LogP contribution >= 0.6 is 12.2 Å². The Hall–Kier alpha value is -2.41. The molecule has 3 aliphatic rings. The molecule has 2 N–H and O–H groups in total. The third kappa shape index (κ3) is 6.05. The van der Waals surface area contributed by atoms with Gasteiger partial charge in [-0.1, -0.05) is 56.0 Å². The smallest absolute Gasteiger partial charge is 0.232 e. The largest absolute Gasteiger partial charge is 0.361 e. The number of nitrogens with zero attached hydrogens (tertiary/aromatic N) is 4. The van der Waals surface area contributed by atoms with Crippen LogP contribution in [0, 0.1) is 0 Å². The van der Waals surface area contributed by atoms with Crippen LogP contribution in [0.5, 0.6) is 0 Å². The molecule has 1 aromatic carbocycles. The number of rotatable bonds is 6. The zero-order valence-electron chi connectivity index (χ0n) is 21.0. The first-order valence-electron chi connectivity index (χ1n) is 13.7. The first kappa shape index (κ1) is 24.3. The maximum Gasteiger partial charge on any atom is 0.232 e. The van der Waals surface area contributed by atoms with E-state index in [0.29, 0.717) is 11.1 Å². The van der Waals surface area contributed by atoms with Crippen LogP contribution < -0.4 is 20.4 Å². The highest BCUT2D eigenvalue weighted by Gasteiger charge is 2.35. The summed E-state index contributed by atoms with van der Waals surface area (Å²) in [6.07, 6.45) is 13.8. The predicted molar refractivity (Wildman–Crippen MR) is 150 cm³/mol. The van der Waals surface area contributed by atoms with Crippen LogP contribution in [-0.2, 0) is 5.41 Å². The van der Waals surface area contributed by atoms with E-state index in [2.05, 4.69) is 56.8 Å². The van der Waals surface area contributed by atoms with Crippen LogP contribution in [0.25, 0.3) is 0 Å². The number of nitrogens with one attached hydrogen (secondary N) is 2. The van der Waals surface area contributed by atoms with Crippen LogP contribution in [0.2, 0.25) is 0 Å². The molecule has 0 radical (unpaired) electrons. The lowest BCUT2D eigenvalue weighted by Gasteiger charge is -2.31. The molecule has 2 aromatic rings. The van der Waals surface area contributed by atoms with Crippen molar-refractivity contribution in [3.63, 3.8) is 0 Å². The fourth-order valence-corrected chi connectivity index (χ4v) is 6.19. The maximum atomic E-state index is 5.76. The highest BCUT2D eigenvalue weighted by atomic mass is 32.1. The highest BCUT2D eigenvalue weighted by molar-refractivity contribution is 7.80. The molecule has 3 heterocycles. The fourth-order valence-electron chi connectivity index (χ4n) is 6.03. The Morgan fingerprint density at radius 1 is 0.771 bits per heavy atom. The average Bonchev–Trinajstić information content (AvgIpc) is 3.23. The highest BCUT2D eigenvalue weighted by Crippen LogP contribution is 2.40. The molecule has 0 bridgehead atoms. The fraction of sp³-hybridized carbons (Fsp3) is 0.607. The van der Waals surface area contributed by atoms with E-state index < -0.39 is 0 Å². The van der Waals surface area contributed by atoms with Gasteiger partial charge in [-0.25, -0.2) is 0 Å². The van der Waals surface area contributed by atoms with Crippen molar-refractivity contribution in [3.05, 3.63) is 42.0 Å². The first-order chi connectivity index (χ1) is 17.2. The van der Waals surface area contributed by atoms with Gasteiger partial charge in [-0.05, 0) is 62.7 Å². The minimum atomic E-state index is 0.153. The lowest BCUT2D eigenvalue weighted by Crippen LogP contribution is -2.41. The van der Waals surface area contributed by atoms with Gasteiger partial charge in [0.1, 0.15) is 11.6 Å². The van der Waals surface area contributed by atoms with E-state index in [4.69, 9.17) is 22.2 Å². The number of piperidine rings is 1. The van der Waals surface area contributed by atoms with Crippen molar-refractivity contribution < 1.29 is 0 Å². The van der Waals surface area contributed by atoms with Crippen molar-refractivity contribution in [2.45, 2.75) is 76.0 Å². The van der Waals surface area contributed by atoms with Gasteiger partial charge in [-0.2, -0.15) is 9.97 Å². The molecular formula is C28H40N6S. The van der Waals surface area contributed by atoms with Crippen molar-refractivity contribution in [3.8, 4) is 0 Å². The van der Waals surface area contributed by atoms with Gasteiger partial charge in [-0.15, -0.1) is 0 Å². The summed E-state index contributed by atoms with van der Waals surface area (Å²) < 4.78 is 0. The standard InChI is InChI=1S/C28H40N6S/c35-27(29-22-28(15-7-8-16-28)23-13-5-3-6-14-23)32-26-30-24(33-17-9-1-2-10-18-33)21-25(31-26)34-19-11-4-12-20-34/h3,5-6,13-14,21H,1-2,4,7-12,15-20,22H2,(H2,29,30,31,32,35). The Kier molecular flexibility index (Phi) is 8.02. The molecule has 2 aliphatic heterocycles. The number of aromatic nitrogens is 2. The van der Waals surface area contributed by atoms with Crippen LogP contribution in [0.4, 0.5) is 17.6 Å². The molecular weight excluding hydrogens is 452 g/mol. The molecule has 2 saturated heterocycles. The van der Waals surface area contributed by atoms with Crippen molar-refractivity contribution in [2.75, 3.05) is 47.8 Å². The zero-order valence-corrected chi connectivity index (χ0v) is 21.8. The number of hydrogen-bond acceptors (Lipinski definition) is 5. The van der Waals surface area contributed by atoms with E-state index in [-0.39, 0.29) is 5.41 Å². The summed E-state index contributed by atoms with van der Waals surface area (Å²) in [5, 5.41) is 7.50. The Labute approximate surface area is 215 Å². The van der Waals surface area contributed by atoms with Crippen molar-refractivity contribution >= 4 is 34.9 Å². The minimum Gasteiger partial charge on any atom is -0.361 e. The Morgan fingerprint density at radius 3 is 1.89 bits per heavy atom. The van der Waals surface area contributed by atoms with Crippen LogP contribution in [-0.4, -0.2) is 47.8 Å². The van der Waals surface area contributed by atoms with E-state index in [9.17, 15) is 0 Å². The second kappa shape index (κ2) is 11.5. The van der Waals surface area contributed by atoms with Gasteiger partial charge < -0.3 is 20.4 Å². The second-order valence-corrected chi connectivity index (χ2v) is 10.9. The topological polar surface area (TPSA) is 56.3 Å². The number of thiocarbonyl (C=S) groups is 1. The monoisotopic (exact) mass is 492 g/mol. The predicted octanol–water partition coefficient (Wildman–Crippen LogP) is 5.65. The van der Waals surface area contributed by atoms with Gasteiger partial charge in [0.15, 0.2) is 5.11 Å². The molecule has 0 atom stereocenters. The van der Waals surface area contributed by atoms with Gasteiger partial charge in [0.25, 0.3) is 0 Å². The normalized spacial score (nSPS) is 20.3. The average molecular weight is 493 g/mol. The molecule has 5 rings (SSSR count). The summed E-state index contributed by atoms with van der Waals surface area (Å²) in [4.78, 5) is 14.7. The molecule has 188 valence electrons. The molecule has 0 spiro atoms. The molecule has 0 amide bonds. The number of anilines is 3. The van der Waals surface area contributed by atoms with Gasteiger partial charge in [-0.3, -0.25) is 0 Å². The molecule has 1 saturated carbocycles. The molecule has 35 heavy (non-hydrogen) atoms. The van der Waals surface area contributed by atoms with Crippen molar-refractivity contribution in [1.82, 2.24) is 15.3 Å². The van der Waals surface area contributed by atoms with Crippen LogP contribution in [0.1, 0.15) is 76.2 Å². The molecule has 1 aliphatic carbocycles. The van der Waals surface area contributed by atoms with Crippen LogP contribution in [0.15, 0.2) is 36.4 Å². The summed E-state index contributed by atoms with van der Waals surface area (Å²) in [5.41, 5.74) is 1.57. The molecule has 6 nitrogen and oxygen atoms in total. The van der Waals surface area contributed by atoms with Gasteiger partial charge in [0.05, 0.1) is 0 Å². The van der Waals surface area contributed by atoms with E-state index in [1.54, 1.807) is 0 Å². The molecule has 3 fully saturated rings. The lowest BCUT2D eigenvalue weighted by atomic mass is 9.79. The summed E-state index contributed by atoms with van der Waals surface area (Å²) in [6, 6.07) is 13.1. The second-order valence-electron chi connectivity index (χ2n) is 10.5. The van der Waals surface area contributed by atoms with Crippen LogP contribution in [0.3, 0.4) is 0 Å². The Bertz CT molecular complexity index is 961. The third-order valence-electron chi connectivity index (χ3n) is 8.07. The molecule has 0 unspecified atom stereocenters. The Morgan fingerprint density at radius 2 is 1.31 bits per heavy atom. The van der Waals surface area contributed by atoms with Gasteiger partial charge >= 0.3 is 0 Å². The summed E-state index contributed by atoms with van der Waals surface area (Å²) >= 11 is 5.76. The maximum absolute atomic E-state index is 5.76. The third-order valence-corrected chi connectivity index (χ3v) is 8.32. The quantitative estimate of drug-likeness (QED) is 0.506. The van der Waals surface area contributed by atoms with Crippen molar-refractivity contribution in [1.29, 1.82) is 0 Å². The minimum absolute atomic E-state index is 0.153. The first-order valence-corrected chi connectivity index (χ1v) is 14.1. The SMILES string of the molecule is S=C(NCC1(c2ccccc2)CCCC1)Nc1nc(N2CCCCCC2)cc(N2CCCCC2)n1. The van der Waals surface area contributed by atoms with Gasteiger partial charge in [0.2, 0.25) is 5.95 Å². The van der Waals surface area contributed by atoms with Crippen molar-refractivity contribution in [2.24, 2.45) is 0 Å². The van der Waals surface area contributed by atoms with E-state index in [1.165, 1.54) is 76.2 Å². The van der Waals surface area contributed by atoms with Gasteiger partial charge in [0, 0.05) is 44.2 Å². The molecule has 1 aromatic heterocycles. The van der Waals surface area contributed by atoms with E-state index >= 15 is 0 Å². The lowest BCUT2D eigenvalue weighted by molar-refractivity contribution is 0.435. The Balaban J connectivity index is 1.31. The zero-order chi connectivity index (χ0) is 23.9. The summed E-state index contributed by atoms with van der Waals surface area (Å²) in [7, 11) is 0. The number of benzene rings is 1. The summed E-state index contributed by atoms with van der Waals surface area (Å²) in [5.74, 6) is 2.68. The molecule has 7 heteroatoms. The van der Waals surface area contributed by atoms with E-state index in [0.717, 1.165) is 44.4 Å². The summed E-state index contributed by atoms with van der Waals surface area (Å²) in [6.45, 7) is 5.11.